The topological polar surface area (TPSA) is 49.7 Å². The molecule has 3 nitrogen and oxygen atoms in total. The lowest BCUT2D eigenvalue weighted by molar-refractivity contribution is -0.280. The van der Waals surface area contributed by atoms with Gasteiger partial charge in [0.05, 0.1) is 0 Å². The molecule has 2 N–H and O–H groups in total. The number of aromatic hydroxyl groups is 1. The Labute approximate surface area is 76.8 Å². The monoisotopic (exact) mass is 180 g/mol. The summed E-state index contributed by atoms with van der Waals surface area (Å²) in [5.74, 6) is 0.194. The second-order valence-corrected chi connectivity index (χ2v) is 2.71. The van der Waals surface area contributed by atoms with E-state index in [0.717, 1.165) is 5.56 Å². The van der Waals surface area contributed by atoms with Gasteiger partial charge in [0.1, 0.15) is 11.9 Å². The van der Waals surface area contributed by atoms with E-state index in [2.05, 4.69) is 11.5 Å². The highest BCUT2D eigenvalue weighted by Gasteiger charge is 2.09. The Hall–Kier alpha value is -1.32. The van der Waals surface area contributed by atoms with Crippen LogP contribution in [0.25, 0.3) is 0 Å². The van der Waals surface area contributed by atoms with Crippen molar-refractivity contribution in [2.75, 3.05) is 0 Å². The molecule has 0 saturated heterocycles. The van der Waals surface area contributed by atoms with Gasteiger partial charge in [-0.3, -0.25) is 5.26 Å². The van der Waals surface area contributed by atoms with E-state index < -0.39 is 6.10 Å². The number of hydrogen-bond acceptors (Lipinski definition) is 3. The van der Waals surface area contributed by atoms with Crippen LogP contribution >= 0.6 is 0 Å². The number of rotatable bonds is 4. The molecule has 1 unspecified atom stereocenters. The Kier molecular flexibility index (Phi) is 3.49. The summed E-state index contributed by atoms with van der Waals surface area (Å²) in [4.78, 5) is 4.26. The van der Waals surface area contributed by atoms with E-state index in [1.165, 1.54) is 0 Å². The fourth-order valence-electron chi connectivity index (χ4n) is 1.08. The van der Waals surface area contributed by atoms with E-state index in [-0.39, 0.29) is 5.75 Å². The van der Waals surface area contributed by atoms with E-state index in [4.69, 9.17) is 10.4 Å². The second kappa shape index (κ2) is 4.64. The maximum Gasteiger partial charge on any atom is 0.121 e. The van der Waals surface area contributed by atoms with Gasteiger partial charge in [0.2, 0.25) is 0 Å². The normalized spacial score (nSPS) is 12.4. The average Bonchev–Trinajstić information content (AvgIpc) is 2.16. The fourth-order valence-corrected chi connectivity index (χ4v) is 1.08. The molecule has 0 amide bonds. The summed E-state index contributed by atoms with van der Waals surface area (Å²) < 4.78 is 0. The molecule has 0 bridgehead atoms. The molecule has 0 spiro atoms. The van der Waals surface area contributed by atoms with E-state index >= 15 is 0 Å². The van der Waals surface area contributed by atoms with Crippen molar-refractivity contribution in [3.05, 3.63) is 42.5 Å². The van der Waals surface area contributed by atoms with Gasteiger partial charge in [-0.2, -0.15) is 0 Å². The molecule has 1 atom stereocenters. The first-order valence-electron chi connectivity index (χ1n) is 3.98. The second-order valence-electron chi connectivity index (χ2n) is 2.71. The lowest BCUT2D eigenvalue weighted by atomic mass is 10.1. The first-order chi connectivity index (χ1) is 6.27. The highest BCUT2D eigenvalue weighted by Crippen LogP contribution is 2.22. The molecular weight excluding hydrogens is 168 g/mol. The third kappa shape index (κ3) is 2.57. The molecule has 0 aliphatic carbocycles. The minimum atomic E-state index is -0.405. The molecule has 1 aromatic rings. The molecule has 0 fully saturated rings. The van der Waals surface area contributed by atoms with Gasteiger partial charge in [-0.05, 0) is 24.1 Å². The molecule has 0 saturated carbocycles. The van der Waals surface area contributed by atoms with Crippen molar-refractivity contribution in [1.82, 2.24) is 0 Å². The Morgan fingerprint density at radius 2 is 2.00 bits per heavy atom. The van der Waals surface area contributed by atoms with E-state index in [9.17, 15) is 0 Å². The van der Waals surface area contributed by atoms with E-state index in [1.54, 1.807) is 30.3 Å². The molecule has 0 heterocycles. The van der Waals surface area contributed by atoms with Crippen molar-refractivity contribution in [1.29, 1.82) is 0 Å². The SMILES string of the molecule is C=CCC(OO)c1ccc(O)cc1. The van der Waals surface area contributed by atoms with Crippen molar-refractivity contribution in [3.63, 3.8) is 0 Å². The highest BCUT2D eigenvalue weighted by molar-refractivity contribution is 5.27. The smallest absolute Gasteiger partial charge is 0.121 e. The van der Waals surface area contributed by atoms with Crippen LogP contribution in [0.3, 0.4) is 0 Å². The molecule has 3 heteroatoms. The minimum absolute atomic E-state index is 0.194. The Bertz CT molecular complexity index is 266. The van der Waals surface area contributed by atoms with Crippen molar-refractivity contribution >= 4 is 0 Å². The molecular formula is C10H12O3. The van der Waals surface area contributed by atoms with Crippen LogP contribution in [0.15, 0.2) is 36.9 Å². The Morgan fingerprint density at radius 3 is 2.46 bits per heavy atom. The van der Waals surface area contributed by atoms with Crippen LogP contribution in [0.1, 0.15) is 18.1 Å². The summed E-state index contributed by atoms with van der Waals surface area (Å²) in [6.45, 7) is 3.55. The summed E-state index contributed by atoms with van der Waals surface area (Å²) in [6, 6.07) is 6.48. The Balaban J connectivity index is 2.78. The summed E-state index contributed by atoms with van der Waals surface area (Å²) in [6.07, 6.45) is 1.78. The van der Waals surface area contributed by atoms with Gasteiger partial charge >= 0.3 is 0 Å². The molecule has 1 rings (SSSR count). The zero-order chi connectivity index (χ0) is 9.68. The standard InChI is InChI=1S/C10H12O3/c1-2-3-10(13-12)8-4-6-9(11)7-5-8/h2,4-7,10-12H,1,3H2. The van der Waals surface area contributed by atoms with Gasteiger partial charge in [-0.25, -0.2) is 4.89 Å². The number of phenolic OH excluding ortho intramolecular Hbond substituents is 1. The van der Waals surface area contributed by atoms with Crippen LogP contribution in [0.4, 0.5) is 0 Å². The zero-order valence-electron chi connectivity index (χ0n) is 7.18. The third-order valence-corrected chi connectivity index (χ3v) is 1.77. The molecule has 0 aromatic heterocycles. The van der Waals surface area contributed by atoms with Crippen molar-refractivity contribution in [2.24, 2.45) is 0 Å². The first-order valence-corrected chi connectivity index (χ1v) is 3.98. The number of phenols is 1. The molecule has 13 heavy (non-hydrogen) atoms. The third-order valence-electron chi connectivity index (χ3n) is 1.77. The highest BCUT2D eigenvalue weighted by atomic mass is 17.1. The van der Waals surface area contributed by atoms with Crippen LogP contribution in [0, 0.1) is 0 Å². The predicted octanol–water partition coefficient (Wildman–Crippen LogP) is 2.50. The maximum atomic E-state index is 9.02. The Morgan fingerprint density at radius 1 is 1.38 bits per heavy atom. The lowest BCUT2D eigenvalue weighted by Gasteiger charge is -2.10. The molecule has 0 aliphatic rings. The molecule has 0 radical (unpaired) electrons. The number of hydrogen-bond donors (Lipinski definition) is 2. The van der Waals surface area contributed by atoms with Crippen molar-refractivity contribution in [2.45, 2.75) is 12.5 Å². The quantitative estimate of drug-likeness (QED) is 0.425. The van der Waals surface area contributed by atoms with Gasteiger partial charge in [-0.15, -0.1) is 6.58 Å². The van der Waals surface area contributed by atoms with Gasteiger partial charge in [0.25, 0.3) is 0 Å². The van der Waals surface area contributed by atoms with Gasteiger partial charge in [-0.1, -0.05) is 18.2 Å². The average molecular weight is 180 g/mol. The zero-order valence-corrected chi connectivity index (χ0v) is 7.18. The van der Waals surface area contributed by atoms with Gasteiger partial charge in [0.15, 0.2) is 0 Å². The predicted molar refractivity (Wildman–Crippen MR) is 49.4 cm³/mol. The maximum absolute atomic E-state index is 9.02. The summed E-state index contributed by atoms with van der Waals surface area (Å²) >= 11 is 0. The van der Waals surface area contributed by atoms with Crippen LogP contribution in [-0.4, -0.2) is 10.4 Å². The van der Waals surface area contributed by atoms with E-state index in [1.807, 2.05) is 0 Å². The summed E-state index contributed by atoms with van der Waals surface area (Å²) in [7, 11) is 0. The van der Waals surface area contributed by atoms with Gasteiger partial charge in [0, 0.05) is 0 Å². The first kappa shape index (κ1) is 9.77. The van der Waals surface area contributed by atoms with Gasteiger partial charge < -0.3 is 5.11 Å². The molecule has 1 aromatic carbocycles. The van der Waals surface area contributed by atoms with Crippen LogP contribution in [0.2, 0.25) is 0 Å². The molecule has 0 aliphatic heterocycles. The van der Waals surface area contributed by atoms with Crippen LogP contribution in [-0.2, 0) is 4.89 Å². The van der Waals surface area contributed by atoms with Crippen LogP contribution in [0.5, 0.6) is 5.75 Å². The number of benzene rings is 1. The summed E-state index contributed by atoms with van der Waals surface area (Å²) in [5, 5.41) is 17.6. The van der Waals surface area contributed by atoms with Crippen molar-refractivity contribution < 1.29 is 15.3 Å². The largest absolute Gasteiger partial charge is 0.508 e. The fraction of sp³-hybridized carbons (Fsp3) is 0.200. The van der Waals surface area contributed by atoms with E-state index in [0.29, 0.717) is 6.42 Å². The molecule has 70 valence electrons. The summed E-state index contributed by atoms with van der Waals surface area (Å²) in [5.41, 5.74) is 0.806. The lowest BCUT2D eigenvalue weighted by Crippen LogP contribution is -1.99. The van der Waals surface area contributed by atoms with Crippen molar-refractivity contribution in [3.8, 4) is 5.75 Å². The van der Waals surface area contributed by atoms with Crippen LogP contribution < -0.4 is 0 Å². The minimum Gasteiger partial charge on any atom is -0.508 e.